The van der Waals surface area contributed by atoms with E-state index in [0.29, 0.717) is 6.04 Å². The van der Waals surface area contributed by atoms with Gasteiger partial charge in [-0.2, -0.15) is 0 Å². The lowest BCUT2D eigenvalue weighted by atomic mass is 9.95. The zero-order valence-electron chi connectivity index (χ0n) is 13.1. The monoisotopic (exact) mass is 325 g/mol. The SMILES string of the molecule is CN(C)C(=O)c1cc2c(c(N[C@H]3CCOC3)c1)CNCC2.Cl. The molecule has 6 heteroatoms. The van der Waals surface area contributed by atoms with Crippen LogP contribution in [0, 0.1) is 0 Å². The third kappa shape index (κ3) is 3.54. The number of nitrogens with one attached hydrogen (secondary N) is 2. The normalized spacial score (nSPS) is 20.0. The van der Waals surface area contributed by atoms with E-state index in [1.165, 1.54) is 11.1 Å². The minimum atomic E-state index is 0. The van der Waals surface area contributed by atoms with Crippen molar-refractivity contribution in [3.8, 4) is 0 Å². The highest BCUT2D eigenvalue weighted by Crippen LogP contribution is 2.27. The molecule has 1 aromatic carbocycles. The van der Waals surface area contributed by atoms with Crippen LogP contribution in [-0.4, -0.2) is 50.7 Å². The maximum Gasteiger partial charge on any atom is 0.253 e. The lowest BCUT2D eigenvalue weighted by Gasteiger charge is -2.24. The van der Waals surface area contributed by atoms with Crippen LogP contribution in [0.15, 0.2) is 12.1 Å². The number of rotatable bonds is 3. The van der Waals surface area contributed by atoms with Crippen molar-refractivity contribution in [1.82, 2.24) is 10.2 Å². The minimum Gasteiger partial charge on any atom is -0.380 e. The van der Waals surface area contributed by atoms with Gasteiger partial charge in [-0.15, -0.1) is 12.4 Å². The first-order valence-corrected chi connectivity index (χ1v) is 7.57. The molecule has 1 saturated heterocycles. The van der Waals surface area contributed by atoms with Crippen molar-refractivity contribution >= 4 is 24.0 Å². The predicted molar refractivity (Wildman–Crippen MR) is 90.0 cm³/mol. The number of benzene rings is 1. The van der Waals surface area contributed by atoms with Crippen LogP contribution in [0.3, 0.4) is 0 Å². The van der Waals surface area contributed by atoms with Gasteiger partial charge in [-0.05, 0) is 42.6 Å². The van der Waals surface area contributed by atoms with Gasteiger partial charge in [0.2, 0.25) is 0 Å². The van der Waals surface area contributed by atoms with Crippen LogP contribution in [0.4, 0.5) is 5.69 Å². The Morgan fingerprint density at radius 2 is 2.23 bits per heavy atom. The first-order valence-electron chi connectivity index (χ1n) is 7.57. The Kier molecular flexibility index (Phi) is 5.67. The molecule has 0 spiro atoms. The summed E-state index contributed by atoms with van der Waals surface area (Å²) in [6.45, 7) is 3.39. The molecule has 1 fully saturated rings. The van der Waals surface area contributed by atoms with Gasteiger partial charge in [-0.25, -0.2) is 0 Å². The Labute approximate surface area is 137 Å². The van der Waals surface area contributed by atoms with Crippen LogP contribution in [0.2, 0.25) is 0 Å². The van der Waals surface area contributed by atoms with Gasteiger partial charge in [-0.1, -0.05) is 0 Å². The van der Waals surface area contributed by atoms with E-state index < -0.39 is 0 Å². The van der Waals surface area contributed by atoms with Crippen molar-refractivity contribution < 1.29 is 9.53 Å². The molecule has 2 heterocycles. The average Bonchev–Trinajstić information content (AvgIpc) is 2.99. The fourth-order valence-corrected chi connectivity index (χ4v) is 2.98. The molecular weight excluding hydrogens is 302 g/mol. The Morgan fingerprint density at radius 3 is 2.91 bits per heavy atom. The Morgan fingerprint density at radius 1 is 1.41 bits per heavy atom. The average molecular weight is 326 g/mol. The number of amides is 1. The van der Waals surface area contributed by atoms with Gasteiger partial charge in [-0.3, -0.25) is 4.79 Å². The highest BCUT2D eigenvalue weighted by molar-refractivity contribution is 5.95. The van der Waals surface area contributed by atoms with Crippen molar-refractivity contribution in [3.63, 3.8) is 0 Å². The standard InChI is InChI=1S/C16H23N3O2.ClH/c1-19(2)16(20)12-7-11-3-5-17-9-14(11)15(8-12)18-13-4-6-21-10-13;/h7-8,13,17-18H,3-6,9-10H2,1-2H3;1H/t13-;/m0./s1. The number of carbonyl (C=O) groups is 1. The van der Waals surface area contributed by atoms with Crippen LogP contribution < -0.4 is 10.6 Å². The number of anilines is 1. The molecule has 0 unspecified atom stereocenters. The number of halogens is 1. The van der Waals surface area contributed by atoms with Crippen molar-refractivity contribution in [2.75, 3.05) is 39.2 Å². The molecule has 2 N–H and O–H groups in total. The van der Waals surface area contributed by atoms with E-state index in [1.807, 2.05) is 6.07 Å². The Bertz CT molecular complexity index is 542. The van der Waals surface area contributed by atoms with Gasteiger partial charge in [0, 0.05) is 38.5 Å². The molecule has 0 saturated carbocycles. The summed E-state index contributed by atoms with van der Waals surface area (Å²) in [6, 6.07) is 4.39. The van der Waals surface area contributed by atoms with Gasteiger partial charge in [0.15, 0.2) is 0 Å². The number of nitrogens with zero attached hydrogens (tertiary/aromatic N) is 1. The van der Waals surface area contributed by atoms with Crippen molar-refractivity contribution in [2.45, 2.75) is 25.4 Å². The summed E-state index contributed by atoms with van der Waals surface area (Å²) < 4.78 is 5.44. The maximum atomic E-state index is 12.3. The quantitative estimate of drug-likeness (QED) is 0.887. The summed E-state index contributed by atoms with van der Waals surface area (Å²) in [5.74, 6) is 0.0575. The van der Waals surface area contributed by atoms with E-state index in [4.69, 9.17) is 4.74 Å². The molecule has 0 radical (unpaired) electrons. The summed E-state index contributed by atoms with van der Waals surface area (Å²) in [7, 11) is 3.59. The summed E-state index contributed by atoms with van der Waals surface area (Å²) >= 11 is 0. The largest absolute Gasteiger partial charge is 0.380 e. The highest BCUT2D eigenvalue weighted by Gasteiger charge is 2.21. The second kappa shape index (κ2) is 7.31. The second-order valence-electron chi connectivity index (χ2n) is 5.99. The number of hydrogen-bond acceptors (Lipinski definition) is 4. The first kappa shape index (κ1) is 17.1. The zero-order chi connectivity index (χ0) is 14.8. The summed E-state index contributed by atoms with van der Waals surface area (Å²) in [5, 5.41) is 6.98. The molecule has 0 aliphatic carbocycles. The van der Waals surface area contributed by atoms with Gasteiger partial charge in [0.05, 0.1) is 12.6 Å². The van der Waals surface area contributed by atoms with Crippen molar-refractivity contribution in [1.29, 1.82) is 0 Å². The topological polar surface area (TPSA) is 53.6 Å². The molecule has 0 aromatic heterocycles. The summed E-state index contributed by atoms with van der Waals surface area (Å²) in [6.07, 6.45) is 1.99. The van der Waals surface area contributed by atoms with Gasteiger partial charge in [0.25, 0.3) is 5.91 Å². The molecule has 1 atom stereocenters. The molecule has 22 heavy (non-hydrogen) atoms. The fourth-order valence-electron chi connectivity index (χ4n) is 2.98. The smallest absolute Gasteiger partial charge is 0.253 e. The van der Waals surface area contributed by atoms with Crippen molar-refractivity contribution in [3.05, 3.63) is 28.8 Å². The third-order valence-electron chi connectivity index (χ3n) is 4.16. The van der Waals surface area contributed by atoms with Gasteiger partial charge >= 0.3 is 0 Å². The van der Waals surface area contributed by atoms with Crippen LogP contribution in [0.1, 0.15) is 27.9 Å². The summed E-state index contributed by atoms with van der Waals surface area (Å²) in [5.41, 5.74) is 4.42. The molecule has 2 aliphatic heterocycles. The molecule has 2 aliphatic rings. The highest BCUT2D eigenvalue weighted by atomic mass is 35.5. The van der Waals surface area contributed by atoms with Gasteiger partial charge < -0.3 is 20.3 Å². The molecule has 0 bridgehead atoms. The Hall–Kier alpha value is -1.30. The number of fused-ring (bicyclic) bond motifs is 1. The molecular formula is C16H24ClN3O2. The third-order valence-corrected chi connectivity index (χ3v) is 4.16. The van der Waals surface area contributed by atoms with E-state index in [2.05, 4.69) is 16.7 Å². The molecule has 5 nitrogen and oxygen atoms in total. The Balaban J connectivity index is 0.00000176. The number of carbonyl (C=O) groups excluding carboxylic acids is 1. The second-order valence-corrected chi connectivity index (χ2v) is 5.99. The molecule has 1 amide bonds. The minimum absolute atomic E-state index is 0. The van der Waals surface area contributed by atoms with Gasteiger partial charge in [0.1, 0.15) is 0 Å². The van der Waals surface area contributed by atoms with Crippen LogP contribution in [-0.2, 0) is 17.7 Å². The van der Waals surface area contributed by atoms with E-state index in [0.717, 1.165) is 50.4 Å². The zero-order valence-corrected chi connectivity index (χ0v) is 14.0. The maximum absolute atomic E-state index is 12.3. The summed E-state index contributed by atoms with van der Waals surface area (Å²) in [4.78, 5) is 13.9. The van der Waals surface area contributed by atoms with Crippen LogP contribution in [0.25, 0.3) is 0 Å². The van der Waals surface area contributed by atoms with E-state index in [1.54, 1.807) is 19.0 Å². The van der Waals surface area contributed by atoms with E-state index in [9.17, 15) is 4.79 Å². The number of ether oxygens (including phenoxy) is 1. The first-order chi connectivity index (χ1) is 10.1. The van der Waals surface area contributed by atoms with Crippen molar-refractivity contribution in [2.24, 2.45) is 0 Å². The molecule has 122 valence electrons. The van der Waals surface area contributed by atoms with E-state index >= 15 is 0 Å². The predicted octanol–water partition coefficient (Wildman–Crippen LogP) is 1.66. The molecule has 1 aromatic rings. The van der Waals surface area contributed by atoms with Crippen LogP contribution in [0.5, 0.6) is 0 Å². The lowest BCUT2D eigenvalue weighted by Crippen LogP contribution is -2.28. The number of hydrogen-bond donors (Lipinski definition) is 2. The van der Waals surface area contributed by atoms with E-state index in [-0.39, 0.29) is 18.3 Å². The fraction of sp³-hybridized carbons (Fsp3) is 0.562. The molecule has 3 rings (SSSR count). The van der Waals surface area contributed by atoms with Crippen LogP contribution >= 0.6 is 12.4 Å². The lowest BCUT2D eigenvalue weighted by molar-refractivity contribution is 0.0827.